The summed E-state index contributed by atoms with van der Waals surface area (Å²) in [5, 5.41) is 4.01. The topological polar surface area (TPSA) is 77.7 Å². The minimum absolute atomic E-state index is 0.166. The van der Waals surface area contributed by atoms with Crippen molar-refractivity contribution in [3.8, 4) is 22.9 Å². The van der Waals surface area contributed by atoms with Crippen molar-refractivity contribution in [2.45, 2.75) is 46.3 Å². The van der Waals surface area contributed by atoms with Gasteiger partial charge in [-0.3, -0.25) is 4.79 Å². The Morgan fingerprint density at radius 3 is 2.48 bits per heavy atom. The average Bonchev–Trinajstić information content (AvgIpc) is 3.21. The van der Waals surface area contributed by atoms with Crippen LogP contribution in [-0.2, 0) is 11.3 Å². The molecule has 31 heavy (non-hydrogen) atoms. The van der Waals surface area contributed by atoms with Gasteiger partial charge in [-0.15, -0.1) is 0 Å². The number of carbonyl (C=O) groups excluding carboxylic acids is 1. The minimum Gasteiger partial charge on any atom is -0.497 e. The summed E-state index contributed by atoms with van der Waals surface area (Å²) < 4.78 is 16.5. The number of benzene rings is 2. The van der Waals surface area contributed by atoms with Crippen molar-refractivity contribution in [2.24, 2.45) is 0 Å². The summed E-state index contributed by atoms with van der Waals surface area (Å²) in [6.07, 6.45) is -0.645. The summed E-state index contributed by atoms with van der Waals surface area (Å²) in [5.74, 6) is 2.44. The minimum atomic E-state index is -0.645. The molecular weight excluding hydrogens is 394 g/mol. The van der Waals surface area contributed by atoms with E-state index in [0.717, 1.165) is 28.2 Å². The lowest BCUT2D eigenvalue weighted by Crippen LogP contribution is -2.37. The summed E-state index contributed by atoms with van der Waals surface area (Å²) in [6.45, 7) is 8.16. The smallest absolute Gasteiger partial charge is 0.263 e. The van der Waals surface area contributed by atoms with Crippen LogP contribution in [0.4, 0.5) is 0 Å². The quantitative estimate of drug-likeness (QED) is 0.527. The number of aromatic nitrogens is 2. The Morgan fingerprint density at radius 1 is 1.13 bits per heavy atom. The van der Waals surface area contributed by atoms with Gasteiger partial charge in [0.15, 0.2) is 6.10 Å². The number of ether oxygens (including phenoxy) is 2. The second-order valence-electron chi connectivity index (χ2n) is 7.89. The number of amides is 1. The number of hydrogen-bond acceptors (Lipinski definition) is 6. The molecule has 0 radical (unpaired) electrons. The number of likely N-dealkylation sites (N-methyl/N-ethyl adjacent to an activating group) is 1. The molecule has 0 aliphatic carbocycles. The molecule has 0 unspecified atom stereocenters. The van der Waals surface area contributed by atoms with Crippen LogP contribution >= 0.6 is 0 Å². The molecule has 0 aliphatic heterocycles. The lowest BCUT2D eigenvalue weighted by atomic mass is 10.0. The molecule has 3 aromatic rings. The van der Waals surface area contributed by atoms with E-state index in [1.807, 2.05) is 37.3 Å². The average molecular weight is 424 g/mol. The number of methoxy groups -OCH3 is 1. The Balaban J connectivity index is 1.65. The molecule has 0 aliphatic rings. The van der Waals surface area contributed by atoms with Gasteiger partial charge in [0.1, 0.15) is 11.5 Å². The SMILES string of the molecule is COc1ccc(-c2noc(CN(C)C(=O)[C@@H](C)Oc3cc(C)ccc3C(C)C)n2)cc1. The van der Waals surface area contributed by atoms with Crippen molar-refractivity contribution in [1.82, 2.24) is 15.0 Å². The molecule has 7 nitrogen and oxygen atoms in total. The second-order valence-corrected chi connectivity index (χ2v) is 7.89. The van der Waals surface area contributed by atoms with E-state index in [1.165, 1.54) is 4.90 Å². The highest BCUT2D eigenvalue weighted by atomic mass is 16.5. The Bertz CT molecular complexity index is 1030. The highest BCUT2D eigenvalue weighted by molar-refractivity contribution is 5.80. The Morgan fingerprint density at radius 2 is 1.84 bits per heavy atom. The molecule has 1 heterocycles. The largest absolute Gasteiger partial charge is 0.497 e. The summed E-state index contributed by atoms with van der Waals surface area (Å²) in [7, 11) is 3.31. The molecule has 1 aromatic heterocycles. The molecular formula is C24H29N3O4. The molecule has 0 fully saturated rings. The lowest BCUT2D eigenvalue weighted by molar-refractivity contribution is -0.137. The van der Waals surface area contributed by atoms with Crippen molar-refractivity contribution in [1.29, 1.82) is 0 Å². The fourth-order valence-electron chi connectivity index (χ4n) is 3.23. The van der Waals surface area contributed by atoms with E-state index in [0.29, 0.717) is 17.6 Å². The van der Waals surface area contributed by atoms with Crippen LogP contribution < -0.4 is 9.47 Å². The Kier molecular flexibility index (Phi) is 6.95. The number of aryl methyl sites for hydroxylation is 1. The van der Waals surface area contributed by atoms with Gasteiger partial charge in [0.25, 0.3) is 5.91 Å². The van der Waals surface area contributed by atoms with Crippen LogP contribution in [0.1, 0.15) is 43.7 Å². The predicted octanol–water partition coefficient (Wildman–Crippen LogP) is 4.60. The summed E-state index contributed by atoms with van der Waals surface area (Å²) in [4.78, 5) is 18.8. The van der Waals surface area contributed by atoms with Crippen LogP contribution in [-0.4, -0.2) is 41.2 Å². The van der Waals surface area contributed by atoms with Crippen LogP contribution in [0.25, 0.3) is 11.4 Å². The van der Waals surface area contributed by atoms with Gasteiger partial charge >= 0.3 is 0 Å². The number of rotatable bonds is 8. The van der Waals surface area contributed by atoms with E-state index in [1.54, 1.807) is 21.1 Å². The van der Waals surface area contributed by atoms with Crippen molar-refractivity contribution in [3.63, 3.8) is 0 Å². The summed E-state index contributed by atoms with van der Waals surface area (Å²) in [6, 6.07) is 13.4. The molecule has 0 spiro atoms. The molecule has 1 atom stereocenters. The fourth-order valence-corrected chi connectivity index (χ4v) is 3.23. The van der Waals surface area contributed by atoms with Gasteiger partial charge in [-0.05, 0) is 61.2 Å². The predicted molar refractivity (Wildman–Crippen MR) is 118 cm³/mol. The number of nitrogens with zero attached hydrogens (tertiary/aromatic N) is 3. The number of carbonyl (C=O) groups is 1. The molecule has 0 bridgehead atoms. The zero-order chi connectivity index (χ0) is 22.5. The first kappa shape index (κ1) is 22.3. The molecule has 164 valence electrons. The fraction of sp³-hybridized carbons (Fsp3) is 0.375. The van der Waals surface area contributed by atoms with Crippen molar-refractivity contribution >= 4 is 5.91 Å². The van der Waals surface area contributed by atoms with E-state index in [2.05, 4.69) is 36.1 Å². The van der Waals surface area contributed by atoms with Gasteiger partial charge in [0.05, 0.1) is 13.7 Å². The van der Waals surface area contributed by atoms with Gasteiger partial charge in [0, 0.05) is 12.6 Å². The molecule has 1 amide bonds. The van der Waals surface area contributed by atoms with E-state index in [-0.39, 0.29) is 12.5 Å². The maximum atomic E-state index is 12.9. The molecule has 0 saturated carbocycles. The number of hydrogen-bond donors (Lipinski definition) is 0. The lowest BCUT2D eigenvalue weighted by Gasteiger charge is -2.23. The van der Waals surface area contributed by atoms with Crippen molar-refractivity contribution in [3.05, 3.63) is 59.5 Å². The standard InChI is InChI=1S/C24H29N3O4/c1-15(2)20-12-7-16(3)13-21(20)30-17(4)24(28)27(5)14-22-25-23(26-31-22)18-8-10-19(29-6)11-9-18/h7-13,15,17H,14H2,1-6H3/t17-/m1/s1. The second kappa shape index (κ2) is 9.64. The monoisotopic (exact) mass is 423 g/mol. The zero-order valence-corrected chi connectivity index (χ0v) is 18.9. The van der Waals surface area contributed by atoms with E-state index in [9.17, 15) is 4.79 Å². The Labute approximate surface area is 183 Å². The molecule has 0 N–H and O–H groups in total. The van der Waals surface area contributed by atoms with Gasteiger partial charge in [-0.1, -0.05) is 31.1 Å². The van der Waals surface area contributed by atoms with Gasteiger partial charge in [-0.2, -0.15) is 4.98 Å². The first-order chi connectivity index (χ1) is 14.8. The van der Waals surface area contributed by atoms with E-state index < -0.39 is 6.10 Å². The maximum Gasteiger partial charge on any atom is 0.263 e. The van der Waals surface area contributed by atoms with Gasteiger partial charge in [0.2, 0.25) is 11.7 Å². The van der Waals surface area contributed by atoms with Gasteiger partial charge < -0.3 is 18.9 Å². The summed E-state index contributed by atoms with van der Waals surface area (Å²) >= 11 is 0. The van der Waals surface area contributed by atoms with E-state index >= 15 is 0 Å². The zero-order valence-electron chi connectivity index (χ0n) is 18.9. The van der Waals surface area contributed by atoms with Crippen LogP contribution in [0.2, 0.25) is 0 Å². The highest BCUT2D eigenvalue weighted by Gasteiger charge is 2.23. The van der Waals surface area contributed by atoms with Crippen LogP contribution in [0.3, 0.4) is 0 Å². The molecule has 7 heteroatoms. The van der Waals surface area contributed by atoms with Crippen LogP contribution in [0.15, 0.2) is 47.0 Å². The molecule has 3 rings (SSSR count). The maximum absolute atomic E-state index is 12.9. The first-order valence-electron chi connectivity index (χ1n) is 10.3. The Hall–Kier alpha value is -3.35. The van der Waals surface area contributed by atoms with E-state index in [4.69, 9.17) is 14.0 Å². The van der Waals surface area contributed by atoms with Gasteiger partial charge in [-0.25, -0.2) is 0 Å². The third kappa shape index (κ3) is 5.42. The highest BCUT2D eigenvalue weighted by Crippen LogP contribution is 2.28. The van der Waals surface area contributed by atoms with Crippen molar-refractivity contribution < 1.29 is 18.8 Å². The van der Waals surface area contributed by atoms with Crippen molar-refractivity contribution in [2.75, 3.05) is 14.2 Å². The van der Waals surface area contributed by atoms with Crippen LogP contribution in [0.5, 0.6) is 11.5 Å². The molecule has 0 saturated heterocycles. The third-order valence-corrected chi connectivity index (χ3v) is 5.01. The summed E-state index contributed by atoms with van der Waals surface area (Å²) in [5.41, 5.74) is 2.97. The normalized spacial score (nSPS) is 12.0. The third-order valence-electron chi connectivity index (χ3n) is 5.01. The first-order valence-corrected chi connectivity index (χ1v) is 10.3. The molecule has 2 aromatic carbocycles. The van der Waals surface area contributed by atoms with Crippen LogP contribution in [0, 0.1) is 6.92 Å².